The van der Waals surface area contributed by atoms with Gasteiger partial charge in [0, 0.05) is 19.1 Å². The Hall–Kier alpha value is -1.04. The summed E-state index contributed by atoms with van der Waals surface area (Å²) in [6.07, 6.45) is 13.5. The number of ether oxygens (including phenoxy) is 1. The molecule has 0 radical (unpaired) electrons. The molecule has 0 aromatic heterocycles. The van der Waals surface area contributed by atoms with E-state index in [4.69, 9.17) is 4.74 Å². The molecular formula is C19H35NO4S. The van der Waals surface area contributed by atoms with Crippen molar-refractivity contribution >= 4 is 30.5 Å². The highest BCUT2D eigenvalue weighted by atomic mass is 32.1. The van der Waals surface area contributed by atoms with E-state index in [1.807, 2.05) is 0 Å². The molecule has 0 bridgehead atoms. The van der Waals surface area contributed by atoms with Crippen molar-refractivity contribution < 1.29 is 19.1 Å². The highest BCUT2D eigenvalue weighted by Crippen LogP contribution is 2.12. The van der Waals surface area contributed by atoms with Crippen molar-refractivity contribution in [3.8, 4) is 0 Å². The molecule has 6 heteroatoms. The molecule has 0 spiro atoms. The molecular weight excluding hydrogens is 338 g/mol. The van der Waals surface area contributed by atoms with Crippen molar-refractivity contribution in [3.05, 3.63) is 0 Å². The Balaban J connectivity index is 3.57. The van der Waals surface area contributed by atoms with Crippen molar-refractivity contribution in [2.24, 2.45) is 0 Å². The van der Waals surface area contributed by atoms with E-state index in [-0.39, 0.29) is 18.1 Å². The first-order valence-corrected chi connectivity index (χ1v) is 10.3. The summed E-state index contributed by atoms with van der Waals surface area (Å²) in [5.41, 5.74) is 0. The number of amides is 1. The quantitative estimate of drug-likeness (QED) is 0.195. The number of nitrogens with one attached hydrogen (secondary N) is 1. The lowest BCUT2D eigenvalue weighted by atomic mass is 10.1. The molecule has 0 aliphatic carbocycles. The first-order chi connectivity index (χ1) is 12.0. The van der Waals surface area contributed by atoms with Crippen LogP contribution in [0.5, 0.6) is 0 Å². The number of unbranched alkanes of at least 4 members (excludes halogenated alkanes) is 10. The van der Waals surface area contributed by atoms with E-state index in [1.165, 1.54) is 58.3 Å². The average molecular weight is 374 g/mol. The number of carbonyl (C=O) groups is 3. The Morgan fingerprint density at radius 2 is 1.36 bits per heavy atom. The zero-order valence-electron chi connectivity index (χ0n) is 15.8. The zero-order valence-corrected chi connectivity index (χ0v) is 16.7. The molecule has 0 fully saturated rings. The van der Waals surface area contributed by atoms with Crippen LogP contribution in [-0.2, 0) is 19.1 Å². The fraction of sp³-hybridized carbons (Fsp3) is 0.842. The van der Waals surface area contributed by atoms with Gasteiger partial charge in [0.05, 0.1) is 0 Å². The van der Waals surface area contributed by atoms with E-state index < -0.39 is 18.0 Å². The van der Waals surface area contributed by atoms with Gasteiger partial charge in [0.15, 0.2) is 0 Å². The lowest BCUT2D eigenvalue weighted by molar-refractivity contribution is -0.161. The Morgan fingerprint density at radius 3 is 1.80 bits per heavy atom. The third kappa shape index (κ3) is 15.0. The second kappa shape index (κ2) is 16.4. The summed E-state index contributed by atoms with van der Waals surface area (Å²) in [5, 5.41) is 2.40. The van der Waals surface area contributed by atoms with E-state index in [0.29, 0.717) is 0 Å². The van der Waals surface area contributed by atoms with Gasteiger partial charge in [-0.15, -0.1) is 0 Å². The normalized spacial score (nSPS) is 11.8. The van der Waals surface area contributed by atoms with Crippen LogP contribution in [0.25, 0.3) is 0 Å². The van der Waals surface area contributed by atoms with Gasteiger partial charge in [-0.1, -0.05) is 71.1 Å². The zero-order chi connectivity index (χ0) is 18.9. The minimum atomic E-state index is -0.873. The van der Waals surface area contributed by atoms with E-state index in [9.17, 15) is 14.4 Å². The number of hydrogen-bond donors (Lipinski definition) is 2. The maximum absolute atomic E-state index is 11.7. The van der Waals surface area contributed by atoms with E-state index in [1.54, 1.807) is 0 Å². The van der Waals surface area contributed by atoms with E-state index >= 15 is 0 Å². The van der Waals surface area contributed by atoms with Gasteiger partial charge in [0.25, 0.3) is 0 Å². The second-order valence-corrected chi connectivity index (χ2v) is 6.88. The Bertz CT molecular complexity index is 388. The van der Waals surface area contributed by atoms with Crippen molar-refractivity contribution in [3.63, 3.8) is 0 Å². The van der Waals surface area contributed by atoms with Crippen LogP contribution in [0, 0.1) is 0 Å². The van der Waals surface area contributed by atoms with E-state index in [2.05, 4.69) is 24.9 Å². The van der Waals surface area contributed by atoms with Gasteiger partial charge >= 0.3 is 11.9 Å². The van der Waals surface area contributed by atoms with Gasteiger partial charge in [-0.3, -0.25) is 9.59 Å². The maximum Gasteiger partial charge on any atom is 0.337 e. The van der Waals surface area contributed by atoms with Gasteiger partial charge in [0.2, 0.25) is 5.91 Å². The predicted molar refractivity (Wildman–Crippen MR) is 104 cm³/mol. The van der Waals surface area contributed by atoms with Gasteiger partial charge < -0.3 is 10.1 Å². The summed E-state index contributed by atoms with van der Waals surface area (Å²) in [4.78, 5) is 34.3. The molecule has 0 saturated heterocycles. The molecule has 0 aromatic rings. The Morgan fingerprint density at radius 1 is 0.880 bits per heavy atom. The molecule has 0 saturated carbocycles. The third-order valence-electron chi connectivity index (χ3n) is 4.04. The van der Waals surface area contributed by atoms with Gasteiger partial charge in [-0.25, -0.2) is 4.79 Å². The summed E-state index contributed by atoms with van der Waals surface area (Å²) in [7, 11) is 0. The molecule has 0 aromatic carbocycles. The summed E-state index contributed by atoms with van der Waals surface area (Å²) >= 11 is 3.97. The van der Waals surface area contributed by atoms with Gasteiger partial charge in [-0.05, 0) is 6.42 Å². The number of hydrogen-bond acceptors (Lipinski definition) is 5. The van der Waals surface area contributed by atoms with Crippen LogP contribution < -0.4 is 5.32 Å². The molecule has 5 nitrogen and oxygen atoms in total. The largest absolute Gasteiger partial charge is 0.392 e. The summed E-state index contributed by atoms with van der Waals surface area (Å²) in [6.45, 7) is 3.53. The maximum atomic E-state index is 11.7. The predicted octanol–water partition coefficient (Wildman–Crippen LogP) is 4.19. The molecule has 1 amide bonds. The molecule has 1 N–H and O–H groups in total. The number of rotatable bonds is 15. The van der Waals surface area contributed by atoms with Crippen LogP contribution in [0.1, 0.15) is 90.9 Å². The topological polar surface area (TPSA) is 72.5 Å². The lowest BCUT2D eigenvalue weighted by Crippen LogP contribution is -2.42. The molecule has 0 unspecified atom stereocenters. The van der Waals surface area contributed by atoms with Gasteiger partial charge in [0.1, 0.15) is 6.04 Å². The van der Waals surface area contributed by atoms with Crippen molar-refractivity contribution in [2.45, 2.75) is 96.9 Å². The minimum absolute atomic E-state index is 0.101. The standard InChI is InChI=1S/C19H35NO4S/c1-3-4-5-6-7-8-9-10-11-12-13-14-18(22)24-19(23)17(15-25)20-16(2)21/h17,25H,3-15H2,1-2H3,(H,20,21)/t17-/m0/s1. The van der Waals surface area contributed by atoms with Crippen molar-refractivity contribution in [1.82, 2.24) is 5.32 Å². The fourth-order valence-electron chi connectivity index (χ4n) is 2.59. The number of thiol groups is 1. The third-order valence-corrected chi connectivity index (χ3v) is 4.41. The molecule has 0 aliphatic rings. The number of carbonyl (C=O) groups excluding carboxylic acids is 3. The summed E-state index contributed by atoms with van der Waals surface area (Å²) < 4.78 is 4.75. The van der Waals surface area contributed by atoms with Crippen molar-refractivity contribution in [1.29, 1.82) is 0 Å². The first kappa shape index (κ1) is 24.0. The van der Waals surface area contributed by atoms with Crippen molar-refractivity contribution in [2.75, 3.05) is 5.75 Å². The molecule has 25 heavy (non-hydrogen) atoms. The Labute approximate surface area is 158 Å². The van der Waals surface area contributed by atoms with Crippen LogP contribution >= 0.6 is 12.6 Å². The lowest BCUT2D eigenvalue weighted by Gasteiger charge is -2.13. The smallest absolute Gasteiger partial charge is 0.337 e. The summed E-state index contributed by atoms with van der Waals surface area (Å²) in [5.74, 6) is -1.52. The molecule has 1 atom stereocenters. The van der Waals surface area contributed by atoms with Crippen LogP contribution in [0.3, 0.4) is 0 Å². The highest BCUT2D eigenvalue weighted by molar-refractivity contribution is 7.80. The second-order valence-electron chi connectivity index (χ2n) is 6.51. The molecule has 0 aliphatic heterocycles. The average Bonchev–Trinajstić information content (AvgIpc) is 2.57. The Kier molecular flexibility index (Phi) is 15.7. The monoisotopic (exact) mass is 373 g/mol. The SMILES string of the molecule is CCCCCCCCCCCCCC(=O)OC(=O)[C@H](CS)NC(C)=O. The van der Waals surface area contributed by atoms with Crippen LogP contribution in [0.4, 0.5) is 0 Å². The van der Waals surface area contributed by atoms with Crippen LogP contribution in [-0.4, -0.2) is 29.6 Å². The molecule has 0 heterocycles. The van der Waals surface area contributed by atoms with Crippen LogP contribution in [0.2, 0.25) is 0 Å². The fourth-order valence-corrected chi connectivity index (χ4v) is 2.83. The summed E-state index contributed by atoms with van der Waals surface area (Å²) in [6, 6.07) is -0.873. The number of esters is 2. The molecule has 0 rings (SSSR count). The minimum Gasteiger partial charge on any atom is -0.392 e. The van der Waals surface area contributed by atoms with E-state index in [0.717, 1.165) is 19.3 Å². The highest BCUT2D eigenvalue weighted by Gasteiger charge is 2.21. The van der Waals surface area contributed by atoms with Gasteiger partial charge in [-0.2, -0.15) is 12.6 Å². The first-order valence-electron chi connectivity index (χ1n) is 9.63. The van der Waals surface area contributed by atoms with Crippen LogP contribution in [0.15, 0.2) is 0 Å². The molecule has 146 valence electrons.